The van der Waals surface area contributed by atoms with Crippen molar-refractivity contribution in [2.45, 2.75) is 44.3 Å². The molecule has 0 fully saturated rings. The molecule has 8 nitrogen and oxygen atoms in total. The van der Waals surface area contributed by atoms with Gasteiger partial charge in [-0.3, -0.25) is 0 Å². The normalized spacial score (nSPS) is 12.0. The average molecular weight is 477 g/mol. The van der Waals surface area contributed by atoms with Crippen LogP contribution in [0.15, 0.2) is 58.7 Å². The SMILES string of the molecule is Cc1ccc(S(=O)(=O)c2cc(CN(CC(C)(C)C)C(=O)O)nn2-c2ccccc2Cl)nc1. The number of aryl methyl sites for hydroxylation is 1. The molecule has 0 radical (unpaired) electrons. The van der Waals surface area contributed by atoms with Gasteiger partial charge in [-0.05, 0) is 36.1 Å². The fourth-order valence-corrected chi connectivity index (χ4v) is 4.68. The number of aromatic nitrogens is 3. The average Bonchev–Trinajstić information content (AvgIpc) is 3.11. The summed E-state index contributed by atoms with van der Waals surface area (Å²) in [5.74, 6) is 0. The van der Waals surface area contributed by atoms with Crippen LogP contribution in [0, 0.1) is 12.3 Å². The number of pyridine rings is 1. The van der Waals surface area contributed by atoms with Gasteiger partial charge in [-0.15, -0.1) is 0 Å². The van der Waals surface area contributed by atoms with E-state index in [1.807, 2.05) is 27.7 Å². The van der Waals surface area contributed by atoms with Crippen LogP contribution in [0.1, 0.15) is 32.0 Å². The van der Waals surface area contributed by atoms with E-state index in [4.69, 9.17) is 11.6 Å². The number of benzene rings is 1. The van der Waals surface area contributed by atoms with E-state index in [1.165, 1.54) is 27.9 Å². The van der Waals surface area contributed by atoms with E-state index in [-0.39, 0.29) is 34.3 Å². The summed E-state index contributed by atoms with van der Waals surface area (Å²) in [5.41, 5.74) is 1.18. The molecule has 10 heteroatoms. The third-order valence-electron chi connectivity index (χ3n) is 4.53. The molecule has 2 heterocycles. The van der Waals surface area contributed by atoms with Crippen molar-refractivity contribution < 1.29 is 18.3 Å². The first-order chi connectivity index (χ1) is 14.9. The Hall–Kier alpha value is -2.91. The fourth-order valence-electron chi connectivity index (χ4n) is 3.15. The second-order valence-corrected chi connectivity index (χ2v) is 11.0. The molecular weight excluding hydrogens is 452 g/mol. The Morgan fingerprint density at radius 1 is 1.19 bits per heavy atom. The summed E-state index contributed by atoms with van der Waals surface area (Å²) in [6.45, 7) is 7.75. The Morgan fingerprint density at radius 2 is 1.88 bits per heavy atom. The molecule has 0 saturated carbocycles. The highest BCUT2D eigenvalue weighted by Crippen LogP contribution is 2.28. The van der Waals surface area contributed by atoms with Gasteiger partial charge in [0.25, 0.3) is 0 Å². The first-order valence-electron chi connectivity index (χ1n) is 9.88. The van der Waals surface area contributed by atoms with Gasteiger partial charge >= 0.3 is 6.09 Å². The Bertz CT molecular complexity index is 1230. The van der Waals surface area contributed by atoms with Gasteiger partial charge in [0.15, 0.2) is 10.1 Å². The fraction of sp³-hybridized carbons (Fsp3) is 0.318. The molecule has 0 aliphatic carbocycles. The van der Waals surface area contributed by atoms with E-state index in [2.05, 4.69) is 10.1 Å². The maximum Gasteiger partial charge on any atom is 0.407 e. The maximum atomic E-state index is 13.4. The summed E-state index contributed by atoms with van der Waals surface area (Å²) >= 11 is 6.32. The molecule has 0 saturated heterocycles. The Labute approximate surface area is 192 Å². The number of para-hydroxylation sites is 1. The number of amides is 1. The Kier molecular flexibility index (Phi) is 6.61. The monoisotopic (exact) mass is 476 g/mol. The quantitative estimate of drug-likeness (QED) is 0.557. The van der Waals surface area contributed by atoms with E-state index < -0.39 is 15.9 Å². The highest BCUT2D eigenvalue weighted by Gasteiger charge is 2.29. The number of sulfone groups is 1. The largest absolute Gasteiger partial charge is 0.465 e. The van der Waals surface area contributed by atoms with E-state index in [0.29, 0.717) is 10.7 Å². The van der Waals surface area contributed by atoms with Crippen LogP contribution in [0.3, 0.4) is 0 Å². The highest BCUT2D eigenvalue weighted by molar-refractivity contribution is 7.91. The van der Waals surface area contributed by atoms with Crippen LogP contribution in [0.25, 0.3) is 5.69 Å². The van der Waals surface area contributed by atoms with Crippen molar-refractivity contribution in [2.24, 2.45) is 5.41 Å². The van der Waals surface area contributed by atoms with Crippen LogP contribution in [0.5, 0.6) is 0 Å². The van der Waals surface area contributed by atoms with E-state index in [0.717, 1.165) is 5.56 Å². The molecular formula is C22H25ClN4O4S. The summed E-state index contributed by atoms with van der Waals surface area (Å²) in [4.78, 5) is 17.1. The van der Waals surface area contributed by atoms with Crippen molar-refractivity contribution in [3.63, 3.8) is 0 Å². The zero-order valence-corrected chi connectivity index (χ0v) is 19.9. The lowest BCUT2D eigenvalue weighted by atomic mass is 9.96. The molecule has 0 atom stereocenters. The topological polar surface area (TPSA) is 105 Å². The number of carbonyl (C=O) groups is 1. The molecule has 1 N–H and O–H groups in total. The molecule has 1 aromatic carbocycles. The molecule has 2 aromatic heterocycles. The molecule has 170 valence electrons. The van der Waals surface area contributed by atoms with Gasteiger partial charge in [0.1, 0.15) is 0 Å². The molecule has 1 amide bonds. The summed E-state index contributed by atoms with van der Waals surface area (Å²) < 4.78 is 28.1. The van der Waals surface area contributed by atoms with E-state index in [9.17, 15) is 18.3 Å². The van der Waals surface area contributed by atoms with Gasteiger partial charge in [0.2, 0.25) is 9.84 Å². The maximum absolute atomic E-state index is 13.4. The molecule has 0 unspecified atom stereocenters. The van der Waals surface area contributed by atoms with Crippen molar-refractivity contribution in [3.05, 3.63) is 64.9 Å². The van der Waals surface area contributed by atoms with Gasteiger partial charge in [-0.2, -0.15) is 5.10 Å². The third kappa shape index (κ3) is 5.28. The minimum Gasteiger partial charge on any atom is -0.465 e. The highest BCUT2D eigenvalue weighted by atomic mass is 35.5. The predicted molar refractivity (Wildman–Crippen MR) is 121 cm³/mol. The molecule has 32 heavy (non-hydrogen) atoms. The van der Waals surface area contributed by atoms with Crippen LogP contribution < -0.4 is 0 Å². The van der Waals surface area contributed by atoms with Crippen LogP contribution in [0.2, 0.25) is 5.02 Å². The molecule has 3 aromatic rings. The first kappa shape index (κ1) is 23.7. The van der Waals surface area contributed by atoms with Gasteiger partial charge in [0, 0.05) is 18.8 Å². The minimum absolute atomic E-state index is 0.0755. The zero-order valence-electron chi connectivity index (χ0n) is 18.3. The lowest BCUT2D eigenvalue weighted by molar-refractivity contribution is 0.122. The minimum atomic E-state index is -4.06. The summed E-state index contributed by atoms with van der Waals surface area (Å²) in [6, 6.07) is 11.2. The van der Waals surface area contributed by atoms with E-state index in [1.54, 1.807) is 30.3 Å². The van der Waals surface area contributed by atoms with Crippen molar-refractivity contribution in [2.75, 3.05) is 6.54 Å². The third-order valence-corrected chi connectivity index (χ3v) is 6.48. The second-order valence-electron chi connectivity index (χ2n) is 8.71. The predicted octanol–water partition coefficient (Wildman–Crippen LogP) is 4.59. The molecule has 0 spiro atoms. The van der Waals surface area contributed by atoms with Crippen molar-refractivity contribution >= 4 is 27.5 Å². The number of nitrogens with zero attached hydrogens (tertiary/aromatic N) is 4. The van der Waals surface area contributed by atoms with Crippen LogP contribution in [-0.2, 0) is 16.4 Å². The Morgan fingerprint density at radius 3 is 2.44 bits per heavy atom. The van der Waals surface area contributed by atoms with Gasteiger partial charge in [-0.1, -0.05) is 50.6 Å². The summed E-state index contributed by atoms with van der Waals surface area (Å²) in [5, 5.41) is 14.1. The van der Waals surface area contributed by atoms with Gasteiger partial charge < -0.3 is 10.0 Å². The van der Waals surface area contributed by atoms with Gasteiger partial charge in [-0.25, -0.2) is 22.9 Å². The first-order valence-corrected chi connectivity index (χ1v) is 11.7. The Balaban J connectivity index is 2.14. The number of halogens is 1. The number of carboxylic acid groups (broad SMARTS) is 1. The van der Waals surface area contributed by atoms with Crippen LogP contribution in [0.4, 0.5) is 4.79 Å². The standard InChI is InChI=1S/C22H25ClN4O4S/c1-15-9-10-19(24-12-15)32(30,31)20-11-16(13-26(21(28)29)14-22(2,3)4)25-27(20)18-8-6-5-7-17(18)23/h5-12H,13-14H2,1-4H3,(H,28,29). The van der Waals surface area contributed by atoms with Crippen molar-refractivity contribution in [1.82, 2.24) is 19.7 Å². The van der Waals surface area contributed by atoms with E-state index >= 15 is 0 Å². The zero-order chi connectivity index (χ0) is 23.7. The molecule has 3 rings (SSSR count). The molecule has 0 aliphatic heterocycles. The van der Waals surface area contributed by atoms with Crippen LogP contribution >= 0.6 is 11.6 Å². The number of hydrogen-bond acceptors (Lipinski definition) is 5. The second kappa shape index (κ2) is 8.91. The smallest absolute Gasteiger partial charge is 0.407 e. The van der Waals surface area contributed by atoms with Crippen LogP contribution in [-0.4, -0.2) is 45.8 Å². The molecule has 0 aliphatic rings. The van der Waals surface area contributed by atoms with Crippen molar-refractivity contribution in [3.8, 4) is 5.69 Å². The lowest BCUT2D eigenvalue weighted by Gasteiger charge is -2.27. The lowest BCUT2D eigenvalue weighted by Crippen LogP contribution is -2.36. The molecule has 0 bridgehead atoms. The number of rotatable bonds is 6. The summed E-state index contributed by atoms with van der Waals surface area (Å²) in [6.07, 6.45) is 0.358. The summed E-state index contributed by atoms with van der Waals surface area (Å²) in [7, 11) is -4.06. The van der Waals surface area contributed by atoms with Gasteiger partial charge in [0.05, 0.1) is 22.9 Å². The number of hydrogen-bond donors (Lipinski definition) is 1. The van der Waals surface area contributed by atoms with Crippen molar-refractivity contribution in [1.29, 1.82) is 0 Å².